The van der Waals surface area contributed by atoms with Crippen LogP contribution in [0.1, 0.15) is 26.2 Å². The van der Waals surface area contributed by atoms with Gasteiger partial charge in [-0.25, -0.2) is 4.39 Å². The van der Waals surface area contributed by atoms with Gasteiger partial charge >= 0.3 is 0 Å². The smallest absolute Gasteiger partial charge is 0.141 e. The summed E-state index contributed by atoms with van der Waals surface area (Å²) >= 11 is 5.66. The van der Waals surface area contributed by atoms with Gasteiger partial charge in [0.2, 0.25) is 0 Å². The average Bonchev–Trinajstić information content (AvgIpc) is 2.37. The first-order valence-corrected chi connectivity index (χ1v) is 7.75. The molecule has 1 rings (SSSR count). The fourth-order valence-corrected chi connectivity index (χ4v) is 2.98. The third-order valence-electron chi connectivity index (χ3n) is 2.86. The van der Waals surface area contributed by atoms with Gasteiger partial charge in [0, 0.05) is 16.7 Å². The average molecular weight is 292 g/mol. The van der Waals surface area contributed by atoms with Crippen molar-refractivity contribution >= 4 is 22.4 Å². The quantitative estimate of drug-likeness (QED) is 0.781. The maximum Gasteiger partial charge on any atom is 0.141 e. The summed E-state index contributed by atoms with van der Waals surface area (Å²) in [5, 5.41) is 3.20. The van der Waals surface area contributed by atoms with Crippen molar-refractivity contribution in [2.75, 3.05) is 12.8 Å². The largest absolute Gasteiger partial charge is 0.317 e. The number of hydrogen-bond donors (Lipinski definition) is 1. The van der Waals surface area contributed by atoms with E-state index >= 15 is 0 Å². The molecule has 0 aliphatic heterocycles. The van der Waals surface area contributed by atoms with E-state index in [2.05, 4.69) is 12.2 Å². The van der Waals surface area contributed by atoms with Crippen molar-refractivity contribution in [1.82, 2.24) is 5.32 Å². The Morgan fingerprint density at radius 2 is 2.17 bits per heavy atom. The van der Waals surface area contributed by atoms with E-state index in [0.717, 1.165) is 19.3 Å². The molecule has 0 amide bonds. The first kappa shape index (κ1) is 15.6. The van der Waals surface area contributed by atoms with E-state index in [1.54, 1.807) is 0 Å². The Labute approximate surface area is 115 Å². The van der Waals surface area contributed by atoms with Gasteiger partial charge in [0.15, 0.2) is 0 Å². The summed E-state index contributed by atoms with van der Waals surface area (Å²) in [5.74, 6) is 0.124. The zero-order valence-electron chi connectivity index (χ0n) is 10.7. The molecule has 0 aliphatic carbocycles. The van der Waals surface area contributed by atoms with Crippen LogP contribution in [0.25, 0.3) is 0 Å². The second kappa shape index (κ2) is 7.87. The van der Waals surface area contributed by atoms with Gasteiger partial charge in [-0.1, -0.05) is 18.0 Å². The third kappa shape index (κ3) is 5.04. The van der Waals surface area contributed by atoms with Crippen LogP contribution < -0.4 is 5.32 Å². The van der Waals surface area contributed by atoms with E-state index in [1.807, 2.05) is 7.05 Å². The van der Waals surface area contributed by atoms with E-state index in [0.29, 0.717) is 16.7 Å². The molecule has 0 aliphatic rings. The molecule has 2 nitrogen and oxygen atoms in total. The van der Waals surface area contributed by atoms with Crippen molar-refractivity contribution < 1.29 is 8.60 Å². The van der Waals surface area contributed by atoms with E-state index in [-0.39, 0.29) is 5.02 Å². The van der Waals surface area contributed by atoms with Crippen molar-refractivity contribution in [3.05, 3.63) is 29.0 Å². The van der Waals surface area contributed by atoms with Crippen molar-refractivity contribution in [2.45, 2.75) is 37.1 Å². The lowest BCUT2D eigenvalue weighted by Crippen LogP contribution is -2.20. The molecule has 1 aromatic rings. The Morgan fingerprint density at radius 3 is 2.78 bits per heavy atom. The van der Waals surface area contributed by atoms with E-state index < -0.39 is 16.6 Å². The number of rotatable bonds is 7. The number of hydrogen-bond acceptors (Lipinski definition) is 2. The summed E-state index contributed by atoms with van der Waals surface area (Å²) in [4.78, 5) is 0.600. The Balaban J connectivity index is 2.39. The summed E-state index contributed by atoms with van der Waals surface area (Å²) in [6.07, 6.45) is 2.99. The highest BCUT2D eigenvalue weighted by atomic mass is 35.5. The van der Waals surface area contributed by atoms with Gasteiger partial charge in [0.05, 0.1) is 15.8 Å². The molecule has 2 unspecified atom stereocenters. The first-order chi connectivity index (χ1) is 8.54. The van der Waals surface area contributed by atoms with Gasteiger partial charge in [-0.15, -0.1) is 0 Å². The normalized spacial score (nSPS) is 14.4. The Bertz CT molecular complexity index is 414. The molecular weight excluding hydrogens is 273 g/mol. The third-order valence-corrected chi connectivity index (χ3v) is 4.59. The molecule has 0 fully saturated rings. The Hall–Kier alpha value is -0.450. The lowest BCUT2D eigenvalue weighted by molar-refractivity contribution is 0.537. The van der Waals surface area contributed by atoms with Gasteiger partial charge in [0.1, 0.15) is 5.82 Å². The standard InChI is InChI=1S/C13H19ClFNOS/c1-10(16-2)5-3-4-8-18(17)11-6-7-13(15)12(14)9-11/h6-7,9-10,16H,3-5,8H2,1-2H3. The molecule has 18 heavy (non-hydrogen) atoms. The van der Waals surface area contributed by atoms with Crippen LogP contribution in [0.15, 0.2) is 23.1 Å². The molecule has 102 valence electrons. The van der Waals surface area contributed by atoms with E-state index in [9.17, 15) is 8.60 Å². The zero-order chi connectivity index (χ0) is 13.5. The van der Waals surface area contributed by atoms with Crippen LogP contribution in [0, 0.1) is 5.82 Å². The monoisotopic (exact) mass is 291 g/mol. The summed E-state index contributed by atoms with van der Waals surface area (Å²) in [7, 11) is 0.844. The van der Waals surface area contributed by atoms with Gasteiger partial charge in [-0.05, 0) is 45.0 Å². The molecular formula is C13H19ClFNOS. The van der Waals surface area contributed by atoms with Gasteiger partial charge < -0.3 is 5.32 Å². The van der Waals surface area contributed by atoms with E-state index in [1.165, 1.54) is 18.2 Å². The van der Waals surface area contributed by atoms with Crippen LogP contribution in [0.2, 0.25) is 5.02 Å². The zero-order valence-corrected chi connectivity index (χ0v) is 12.3. The summed E-state index contributed by atoms with van der Waals surface area (Å²) in [5.41, 5.74) is 0. The number of nitrogens with one attached hydrogen (secondary N) is 1. The number of benzene rings is 1. The lowest BCUT2D eigenvalue weighted by Gasteiger charge is -2.09. The second-order valence-corrected chi connectivity index (χ2v) is 6.29. The SMILES string of the molecule is CNC(C)CCCCS(=O)c1ccc(F)c(Cl)c1. The van der Waals surface area contributed by atoms with Crippen molar-refractivity contribution in [3.63, 3.8) is 0 Å². The molecule has 2 atom stereocenters. The van der Waals surface area contributed by atoms with Gasteiger partial charge in [-0.2, -0.15) is 0 Å². The summed E-state index contributed by atoms with van der Waals surface area (Å²) < 4.78 is 24.9. The molecule has 1 aromatic carbocycles. The summed E-state index contributed by atoms with van der Waals surface area (Å²) in [6.45, 7) is 2.12. The van der Waals surface area contributed by atoms with Crippen molar-refractivity contribution in [1.29, 1.82) is 0 Å². The fourth-order valence-electron chi connectivity index (χ4n) is 1.56. The molecule has 0 saturated heterocycles. The molecule has 0 bridgehead atoms. The maximum absolute atomic E-state index is 13.0. The highest BCUT2D eigenvalue weighted by Gasteiger charge is 2.07. The van der Waals surface area contributed by atoms with Crippen LogP contribution in [0.3, 0.4) is 0 Å². The minimum Gasteiger partial charge on any atom is -0.317 e. The van der Waals surface area contributed by atoms with Crippen LogP contribution in [0.4, 0.5) is 4.39 Å². The molecule has 0 aromatic heterocycles. The number of halogens is 2. The summed E-state index contributed by atoms with van der Waals surface area (Å²) in [6, 6.07) is 4.73. The molecule has 0 radical (unpaired) electrons. The van der Waals surface area contributed by atoms with Crippen molar-refractivity contribution in [2.24, 2.45) is 0 Å². The second-order valence-electron chi connectivity index (χ2n) is 4.31. The predicted octanol–water partition coefficient (Wildman–Crippen LogP) is 3.36. The van der Waals surface area contributed by atoms with E-state index in [4.69, 9.17) is 11.6 Å². The first-order valence-electron chi connectivity index (χ1n) is 6.05. The molecule has 0 heterocycles. The van der Waals surface area contributed by atoms with Crippen LogP contribution >= 0.6 is 11.6 Å². The van der Waals surface area contributed by atoms with Gasteiger partial charge in [0.25, 0.3) is 0 Å². The Morgan fingerprint density at radius 1 is 1.44 bits per heavy atom. The fraction of sp³-hybridized carbons (Fsp3) is 0.538. The van der Waals surface area contributed by atoms with Crippen molar-refractivity contribution in [3.8, 4) is 0 Å². The maximum atomic E-state index is 13.0. The highest BCUT2D eigenvalue weighted by molar-refractivity contribution is 7.85. The number of unbranched alkanes of at least 4 members (excludes halogenated alkanes) is 1. The topological polar surface area (TPSA) is 29.1 Å². The minimum absolute atomic E-state index is 0.0321. The van der Waals surface area contributed by atoms with Crippen LogP contribution in [-0.2, 0) is 10.8 Å². The molecule has 0 saturated carbocycles. The van der Waals surface area contributed by atoms with Crippen LogP contribution in [-0.4, -0.2) is 23.1 Å². The highest BCUT2D eigenvalue weighted by Crippen LogP contribution is 2.19. The molecule has 5 heteroatoms. The minimum atomic E-state index is -1.09. The Kier molecular flexibility index (Phi) is 6.82. The molecule has 1 N–H and O–H groups in total. The molecule has 0 spiro atoms. The van der Waals surface area contributed by atoms with Gasteiger partial charge in [-0.3, -0.25) is 4.21 Å². The lowest BCUT2D eigenvalue weighted by atomic mass is 10.1. The van der Waals surface area contributed by atoms with Crippen LogP contribution in [0.5, 0.6) is 0 Å². The predicted molar refractivity (Wildman–Crippen MR) is 75.1 cm³/mol.